The average Bonchev–Trinajstić information content (AvgIpc) is 3.27. The Balaban J connectivity index is 1.59. The number of Topliss-reactive ketones (excluding diaryl/α,β-unsaturated/α-hetero) is 1. The summed E-state index contributed by atoms with van der Waals surface area (Å²) < 4.78 is 1.07. The third-order valence-electron chi connectivity index (χ3n) is 6.15. The Morgan fingerprint density at radius 3 is 2.43 bits per heavy atom. The summed E-state index contributed by atoms with van der Waals surface area (Å²) in [6, 6.07) is 16.0. The molecule has 0 bridgehead atoms. The quantitative estimate of drug-likeness (QED) is 0.494. The zero-order valence-corrected chi connectivity index (χ0v) is 18.1. The van der Waals surface area contributed by atoms with Gasteiger partial charge in [0.1, 0.15) is 10.8 Å². The number of nitrogens with one attached hydrogen (secondary N) is 1. The molecule has 150 valence electrons. The standard InChI is InChI=1S/C25H22N2O2S/c1-13(23-25(3,4)15-9-5-6-10-16(15)26-23)19-21(28)20(22(19)29)14(2)24-27-17-11-7-8-12-18(17)30-24/h5-12,26,28H,1-4H3/b20-14-,23-13+. The molecule has 0 saturated carbocycles. The highest BCUT2D eigenvalue weighted by Crippen LogP contribution is 2.48. The molecule has 2 N–H and O–H groups in total. The molecular weight excluding hydrogens is 392 g/mol. The molecule has 2 heterocycles. The summed E-state index contributed by atoms with van der Waals surface area (Å²) in [7, 11) is 0. The lowest BCUT2D eigenvalue weighted by molar-refractivity contribution is -0.113. The summed E-state index contributed by atoms with van der Waals surface area (Å²) in [6.45, 7) is 8.03. The molecule has 5 heteroatoms. The van der Waals surface area contributed by atoms with Crippen LogP contribution in [0.5, 0.6) is 0 Å². The maximum Gasteiger partial charge on any atom is 0.201 e. The Morgan fingerprint density at radius 2 is 1.73 bits per heavy atom. The van der Waals surface area contributed by atoms with Gasteiger partial charge in [-0.2, -0.15) is 0 Å². The van der Waals surface area contributed by atoms with E-state index in [4.69, 9.17) is 0 Å². The molecule has 0 spiro atoms. The van der Waals surface area contributed by atoms with Gasteiger partial charge < -0.3 is 10.4 Å². The van der Waals surface area contributed by atoms with Crippen molar-refractivity contribution in [1.29, 1.82) is 0 Å². The van der Waals surface area contributed by atoms with E-state index in [9.17, 15) is 9.90 Å². The summed E-state index contributed by atoms with van der Waals surface area (Å²) in [5, 5.41) is 15.1. The maximum absolute atomic E-state index is 13.1. The molecule has 1 aliphatic carbocycles. The highest BCUT2D eigenvalue weighted by Gasteiger charge is 2.42. The van der Waals surface area contributed by atoms with Gasteiger partial charge in [0.25, 0.3) is 0 Å². The van der Waals surface area contributed by atoms with E-state index in [1.54, 1.807) is 0 Å². The number of anilines is 1. The van der Waals surface area contributed by atoms with Crippen LogP contribution in [0.1, 0.15) is 38.3 Å². The van der Waals surface area contributed by atoms with Crippen LogP contribution in [0.4, 0.5) is 5.69 Å². The number of ketones is 1. The second-order valence-electron chi connectivity index (χ2n) is 8.34. The number of hydrogen-bond donors (Lipinski definition) is 2. The van der Waals surface area contributed by atoms with Crippen LogP contribution < -0.4 is 5.32 Å². The molecule has 2 aromatic carbocycles. The van der Waals surface area contributed by atoms with E-state index in [1.165, 1.54) is 16.9 Å². The van der Waals surface area contributed by atoms with Crippen molar-refractivity contribution >= 4 is 38.6 Å². The van der Waals surface area contributed by atoms with Gasteiger partial charge in [-0.25, -0.2) is 4.98 Å². The molecule has 1 aliphatic heterocycles. The Morgan fingerprint density at radius 1 is 1.03 bits per heavy atom. The second kappa shape index (κ2) is 6.41. The zero-order chi connectivity index (χ0) is 21.2. The zero-order valence-electron chi connectivity index (χ0n) is 17.3. The molecule has 1 aromatic heterocycles. The molecule has 3 aromatic rings. The van der Waals surface area contributed by atoms with E-state index in [0.717, 1.165) is 37.8 Å². The second-order valence-corrected chi connectivity index (χ2v) is 9.37. The first-order valence-electron chi connectivity index (χ1n) is 9.94. The number of carbonyl (C=O) groups excluding carboxylic acids is 1. The molecule has 4 nitrogen and oxygen atoms in total. The number of aliphatic hydroxyl groups is 1. The minimum Gasteiger partial charge on any atom is -0.506 e. The fraction of sp³-hybridized carbons (Fsp3) is 0.200. The van der Waals surface area contributed by atoms with E-state index < -0.39 is 0 Å². The smallest absolute Gasteiger partial charge is 0.201 e. The molecule has 2 aliphatic rings. The lowest BCUT2D eigenvalue weighted by Crippen LogP contribution is -2.28. The molecule has 0 amide bonds. The minimum absolute atomic E-state index is 0.0651. The summed E-state index contributed by atoms with van der Waals surface area (Å²) in [5.41, 5.74) is 6.11. The topological polar surface area (TPSA) is 62.2 Å². The third kappa shape index (κ3) is 2.52. The predicted octanol–water partition coefficient (Wildman–Crippen LogP) is 6.14. The summed E-state index contributed by atoms with van der Waals surface area (Å²) >= 11 is 1.53. The van der Waals surface area contributed by atoms with E-state index in [-0.39, 0.29) is 17.0 Å². The number of aromatic nitrogens is 1. The molecule has 0 atom stereocenters. The lowest BCUT2D eigenvalue weighted by Gasteiger charge is -2.28. The van der Waals surface area contributed by atoms with Crippen molar-refractivity contribution in [3.05, 3.63) is 87.3 Å². The largest absolute Gasteiger partial charge is 0.506 e. The van der Waals surface area contributed by atoms with Gasteiger partial charge in [-0.1, -0.05) is 44.2 Å². The normalized spacial score (nSPS) is 20.7. The van der Waals surface area contributed by atoms with Crippen LogP contribution in [0, 0.1) is 0 Å². The number of hydrogen-bond acceptors (Lipinski definition) is 5. The summed E-state index contributed by atoms with van der Waals surface area (Å²) in [5.74, 6) is -0.0573. The predicted molar refractivity (Wildman–Crippen MR) is 123 cm³/mol. The number of para-hydroxylation sites is 2. The average molecular weight is 415 g/mol. The molecule has 30 heavy (non-hydrogen) atoms. The highest BCUT2D eigenvalue weighted by atomic mass is 32.1. The summed E-state index contributed by atoms with van der Waals surface area (Å²) in [6.07, 6.45) is 0. The van der Waals surface area contributed by atoms with E-state index in [2.05, 4.69) is 30.2 Å². The van der Waals surface area contributed by atoms with Crippen molar-refractivity contribution < 1.29 is 9.90 Å². The highest BCUT2D eigenvalue weighted by molar-refractivity contribution is 7.19. The van der Waals surface area contributed by atoms with Crippen molar-refractivity contribution in [2.75, 3.05) is 5.32 Å². The van der Waals surface area contributed by atoms with Crippen molar-refractivity contribution in [2.24, 2.45) is 0 Å². The summed E-state index contributed by atoms with van der Waals surface area (Å²) in [4.78, 5) is 17.8. The lowest BCUT2D eigenvalue weighted by atomic mass is 9.76. The Labute approximate surface area is 179 Å². The number of benzene rings is 2. The molecule has 0 saturated heterocycles. The molecule has 0 unspecified atom stereocenters. The third-order valence-corrected chi connectivity index (χ3v) is 7.31. The number of aliphatic hydroxyl groups excluding tert-OH is 1. The van der Waals surface area contributed by atoms with Gasteiger partial charge in [-0.3, -0.25) is 4.79 Å². The van der Waals surface area contributed by atoms with Crippen LogP contribution in [-0.4, -0.2) is 15.9 Å². The fourth-order valence-corrected chi connectivity index (χ4v) is 5.46. The molecular formula is C25H22N2O2S. The first-order valence-corrected chi connectivity index (χ1v) is 10.8. The van der Waals surface area contributed by atoms with Gasteiger partial charge in [0.05, 0.1) is 21.4 Å². The number of carbonyl (C=O) groups is 1. The molecule has 0 radical (unpaired) electrons. The van der Waals surface area contributed by atoms with Gasteiger partial charge in [0, 0.05) is 16.8 Å². The van der Waals surface area contributed by atoms with E-state index in [0.29, 0.717) is 11.1 Å². The van der Waals surface area contributed by atoms with Crippen LogP contribution >= 0.6 is 11.3 Å². The van der Waals surface area contributed by atoms with Crippen LogP contribution in [0.2, 0.25) is 0 Å². The van der Waals surface area contributed by atoms with Crippen LogP contribution in [0.3, 0.4) is 0 Å². The van der Waals surface area contributed by atoms with E-state index >= 15 is 0 Å². The Hall–Kier alpha value is -3.18. The maximum atomic E-state index is 13.1. The molecule has 5 rings (SSSR count). The van der Waals surface area contributed by atoms with Crippen molar-refractivity contribution in [3.8, 4) is 0 Å². The van der Waals surface area contributed by atoms with Crippen molar-refractivity contribution in [1.82, 2.24) is 4.98 Å². The van der Waals surface area contributed by atoms with E-state index in [1.807, 2.05) is 56.3 Å². The van der Waals surface area contributed by atoms with Gasteiger partial charge in [0.2, 0.25) is 5.78 Å². The molecule has 0 fully saturated rings. The minimum atomic E-state index is -0.268. The van der Waals surface area contributed by atoms with Crippen LogP contribution in [0.25, 0.3) is 15.8 Å². The SMILES string of the molecule is C/C(=C1/C(=O)C(C(/C)=C2/Nc3ccccc3C2(C)C)=C1O)c1nc2ccccc2s1. The first kappa shape index (κ1) is 18.8. The fourth-order valence-electron chi connectivity index (χ4n) is 4.49. The first-order chi connectivity index (χ1) is 14.3. The Bertz CT molecular complexity index is 1300. The van der Waals surface area contributed by atoms with Crippen LogP contribution in [-0.2, 0) is 10.2 Å². The van der Waals surface area contributed by atoms with Gasteiger partial charge in [-0.05, 0) is 48.8 Å². The van der Waals surface area contributed by atoms with Crippen molar-refractivity contribution in [2.45, 2.75) is 33.1 Å². The van der Waals surface area contributed by atoms with Gasteiger partial charge in [0.15, 0.2) is 0 Å². The number of fused-ring (bicyclic) bond motifs is 2. The van der Waals surface area contributed by atoms with Crippen LogP contribution in [0.15, 0.2) is 76.7 Å². The van der Waals surface area contributed by atoms with Gasteiger partial charge in [-0.15, -0.1) is 11.3 Å². The van der Waals surface area contributed by atoms with Gasteiger partial charge >= 0.3 is 0 Å². The number of rotatable bonds is 2. The number of allylic oxidation sites excluding steroid dienone is 5. The number of thiazole rings is 1. The monoisotopic (exact) mass is 414 g/mol. The number of nitrogens with zero attached hydrogens (tertiary/aromatic N) is 1. The Kier molecular flexibility index (Phi) is 4.02. The van der Waals surface area contributed by atoms with Crippen molar-refractivity contribution in [3.63, 3.8) is 0 Å².